The number of halogens is 3. The molecule has 2 amide bonds. The van der Waals surface area contributed by atoms with E-state index in [0.29, 0.717) is 14.9 Å². The van der Waals surface area contributed by atoms with Crippen molar-refractivity contribution in [3.05, 3.63) is 99.8 Å². The third-order valence-electron chi connectivity index (χ3n) is 6.01. The lowest BCUT2D eigenvalue weighted by atomic mass is 10.0. The highest BCUT2D eigenvalue weighted by atomic mass is 35.5. The highest BCUT2D eigenvalue weighted by molar-refractivity contribution is 7.90. The van der Waals surface area contributed by atoms with E-state index in [1.807, 2.05) is 30.3 Å². The molecule has 0 heterocycles. The van der Waals surface area contributed by atoms with Gasteiger partial charge in [-0.1, -0.05) is 71.7 Å². The number of hydrogen-bond donors (Lipinski definition) is 1. The lowest BCUT2D eigenvalue weighted by molar-refractivity contribution is -0.139. The number of hydrogen-bond acceptors (Lipinski definition) is 4. The normalized spacial score (nSPS) is 12.2. The zero-order valence-corrected chi connectivity index (χ0v) is 24.0. The molecule has 0 radical (unpaired) electrons. The van der Waals surface area contributed by atoms with Crippen LogP contribution < -0.4 is 9.62 Å². The number of anilines is 1. The molecule has 0 spiro atoms. The van der Waals surface area contributed by atoms with Gasteiger partial charge in [-0.15, -0.1) is 0 Å². The monoisotopic (exact) mass is 594 g/mol. The maximum absolute atomic E-state index is 14.8. The molecule has 3 aromatic carbocycles. The Hall–Kier alpha value is -3.18. The van der Waals surface area contributed by atoms with Gasteiger partial charge in [0.1, 0.15) is 18.4 Å². The SMILES string of the molecule is CNC(=O)C(Cc1ccccc1)N(Cc1ccc(Cl)cc1Cl)C(=O)CN(c1ccccc1F)S(=O)(=O)N(C)C. The van der Waals surface area contributed by atoms with Crippen molar-refractivity contribution >= 4 is 50.9 Å². The molecule has 0 aliphatic carbocycles. The average molecular weight is 596 g/mol. The van der Waals surface area contributed by atoms with Gasteiger partial charge in [-0.05, 0) is 35.4 Å². The molecule has 0 aromatic heterocycles. The van der Waals surface area contributed by atoms with Crippen molar-refractivity contribution in [1.29, 1.82) is 0 Å². The summed E-state index contributed by atoms with van der Waals surface area (Å²) in [5.74, 6) is -2.03. The number of carbonyl (C=O) groups excluding carboxylic acids is 2. The maximum atomic E-state index is 14.8. The molecule has 0 saturated carbocycles. The molecule has 3 rings (SSSR count). The molecular formula is C27H29Cl2FN4O4S. The van der Waals surface area contributed by atoms with Gasteiger partial charge in [0.05, 0.1) is 5.69 Å². The van der Waals surface area contributed by atoms with Crippen molar-refractivity contribution in [2.75, 3.05) is 32.0 Å². The zero-order valence-electron chi connectivity index (χ0n) is 21.6. The molecule has 12 heteroatoms. The molecule has 8 nitrogen and oxygen atoms in total. The molecule has 1 unspecified atom stereocenters. The van der Waals surface area contributed by atoms with Gasteiger partial charge in [-0.25, -0.2) is 8.70 Å². The van der Waals surface area contributed by atoms with Crippen LogP contribution in [0, 0.1) is 5.82 Å². The third-order valence-corrected chi connectivity index (χ3v) is 8.41. The Morgan fingerprint density at radius 2 is 1.62 bits per heavy atom. The highest BCUT2D eigenvalue weighted by Crippen LogP contribution is 2.26. The largest absolute Gasteiger partial charge is 0.357 e. The van der Waals surface area contributed by atoms with Crippen LogP contribution in [-0.4, -0.2) is 63.2 Å². The van der Waals surface area contributed by atoms with Gasteiger partial charge in [-0.3, -0.25) is 9.59 Å². The van der Waals surface area contributed by atoms with Crippen LogP contribution in [0.25, 0.3) is 0 Å². The highest BCUT2D eigenvalue weighted by Gasteiger charge is 2.35. The number of amides is 2. The van der Waals surface area contributed by atoms with Gasteiger partial charge in [0, 0.05) is 44.2 Å². The summed E-state index contributed by atoms with van der Waals surface area (Å²) in [4.78, 5) is 28.4. The van der Waals surface area contributed by atoms with Gasteiger partial charge in [0.15, 0.2) is 0 Å². The fourth-order valence-corrected chi connectivity index (χ4v) is 5.44. The third kappa shape index (κ3) is 7.48. The zero-order chi connectivity index (χ0) is 28.7. The quantitative estimate of drug-likeness (QED) is 0.361. The molecule has 0 aliphatic heterocycles. The van der Waals surface area contributed by atoms with Crippen molar-refractivity contribution in [2.24, 2.45) is 0 Å². The van der Waals surface area contributed by atoms with Gasteiger partial charge in [0.2, 0.25) is 11.8 Å². The Labute approximate surface area is 238 Å². The number of likely N-dealkylation sites (N-methyl/N-ethyl adjacent to an activating group) is 1. The van der Waals surface area contributed by atoms with Crippen LogP contribution in [0.4, 0.5) is 10.1 Å². The summed E-state index contributed by atoms with van der Waals surface area (Å²) in [5, 5.41) is 3.24. The first kappa shape index (κ1) is 30.4. The predicted molar refractivity (Wildman–Crippen MR) is 151 cm³/mol. The van der Waals surface area contributed by atoms with Crippen LogP contribution in [0.3, 0.4) is 0 Å². The van der Waals surface area contributed by atoms with E-state index >= 15 is 0 Å². The Morgan fingerprint density at radius 3 is 2.21 bits per heavy atom. The number of benzene rings is 3. The van der Waals surface area contributed by atoms with E-state index in [1.54, 1.807) is 12.1 Å². The Kier molecular flexibility index (Phi) is 10.3. The van der Waals surface area contributed by atoms with Crippen molar-refractivity contribution in [1.82, 2.24) is 14.5 Å². The number of rotatable bonds is 11. The molecule has 0 saturated heterocycles. The molecule has 208 valence electrons. The molecular weight excluding hydrogens is 566 g/mol. The van der Waals surface area contributed by atoms with E-state index in [4.69, 9.17) is 23.2 Å². The lowest BCUT2D eigenvalue weighted by Gasteiger charge is -2.34. The van der Waals surface area contributed by atoms with Crippen LogP contribution in [0.15, 0.2) is 72.8 Å². The molecule has 1 N–H and O–H groups in total. The van der Waals surface area contributed by atoms with E-state index in [1.165, 1.54) is 50.3 Å². The summed E-state index contributed by atoms with van der Waals surface area (Å²) in [6, 6.07) is 18.0. The maximum Gasteiger partial charge on any atom is 0.304 e. The van der Waals surface area contributed by atoms with E-state index in [2.05, 4.69) is 5.32 Å². The standard InChI is InChI=1S/C27H29Cl2FN4O4S/c1-31-27(36)25(15-19-9-5-4-6-10-19)33(17-20-13-14-21(28)16-22(20)29)26(35)18-34(39(37,38)32(2)3)24-12-8-7-11-23(24)30/h4-14,16,25H,15,17-18H2,1-3H3,(H,31,36). The van der Waals surface area contributed by atoms with Crippen LogP contribution in [-0.2, 0) is 32.8 Å². The number of nitrogens with zero attached hydrogens (tertiary/aromatic N) is 3. The van der Waals surface area contributed by atoms with Crippen molar-refractivity contribution in [3.63, 3.8) is 0 Å². The van der Waals surface area contributed by atoms with Crippen LogP contribution in [0.2, 0.25) is 10.0 Å². The second-order valence-electron chi connectivity index (χ2n) is 8.83. The minimum absolute atomic E-state index is 0.132. The topological polar surface area (TPSA) is 90.0 Å². The van der Waals surface area contributed by atoms with Crippen LogP contribution in [0.5, 0.6) is 0 Å². The summed E-state index contributed by atoms with van der Waals surface area (Å²) in [7, 11) is -0.301. The van der Waals surface area contributed by atoms with E-state index in [9.17, 15) is 22.4 Å². The number of para-hydroxylation sites is 1. The average Bonchev–Trinajstić information content (AvgIpc) is 2.90. The van der Waals surface area contributed by atoms with E-state index in [-0.39, 0.29) is 23.7 Å². The van der Waals surface area contributed by atoms with Crippen LogP contribution >= 0.6 is 23.2 Å². The minimum Gasteiger partial charge on any atom is -0.357 e. The Balaban J connectivity index is 2.10. The van der Waals surface area contributed by atoms with Gasteiger partial charge >= 0.3 is 10.2 Å². The van der Waals surface area contributed by atoms with Crippen LogP contribution in [0.1, 0.15) is 11.1 Å². The van der Waals surface area contributed by atoms with Gasteiger partial charge < -0.3 is 10.2 Å². The number of carbonyl (C=O) groups is 2. The fourth-order valence-electron chi connectivity index (χ4n) is 3.91. The summed E-state index contributed by atoms with van der Waals surface area (Å²) < 4.78 is 42.9. The molecule has 0 fully saturated rings. The Morgan fingerprint density at radius 1 is 0.974 bits per heavy atom. The second-order valence-corrected chi connectivity index (χ2v) is 11.7. The minimum atomic E-state index is -4.31. The van der Waals surface area contributed by atoms with E-state index < -0.39 is 40.4 Å². The first-order valence-electron chi connectivity index (χ1n) is 11.9. The fraction of sp³-hybridized carbons (Fsp3) is 0.259. The van der Waals surface area contributed by atoms with Gasteiger partial charge in [0.25, 0.3) is 0 Å². The Bertz CT molecular complexity index is 1420. The molecule has 1 atom stereocenters. The van der Waals surface area contributed by atoms with Gasteiger partial charge in [-0.2, -0.15) is 12.7 Å². The molecule has 0 bridgehead atoms. The summed E-state index contributed by atoms with van der Waals surface area (Å²) in [5.41, 5.74) is 0.964. The van der Waals surface area contributed by atoms with E-state index in [0.717, 1.165) is 15.9 Å². The summed E-state index contributed by atoms with van der Waals surface area (Å²) >= 11 is 12.5. The first-order valence-corrected chi connectivity index (χ1v) is 14.0. The second kappa shape index (κ2) is 13.3. The smallest absolute Gasteiger partial charge is 0.304 e. The van der Waals surface area contributed by atoms with Crippen molar-refractivity contribution in [2.45, 2.75) is 19.0 Å². The van der Waals surface area contributed by atoms with Crippen molar-refractivity contribution < 1.29 is 22.4 Å². The molecule has 39 heavy (non-hydrogen) atoms. The molecule has 3 aromatic rings. The predicted octanol–water partition coefficient (Wildman–Crippen LogP) is 4.13. The summed E-state index contributed by atoms with van der Waals surface area (Å²) in [6.45, 7) is -0.901. The first-order chi connectivity index (χ1) is 18.4. The van der Waals surface area contributed by atoms with Crippen molar-refractivity contribution in [3.8, 4) is 0 Å². The summed E-state index contributed by atoms with van der Waals surface area (Å²) in [6.07, 6.45) is 0.136. The molecule has 0 aliphatic rings. The number of nitrogens with one attached hydrogen (secondary N) is 1. The lowest BCUT2D eigenvalue weighted by Crippen LogP contribution is -2.54.